The minimum absolute atomic E-state index is 0.166. The molecule has 1 aliphatic heterocycles. The van der Waals surface area contributed by atoms with Crippen LogP contribution in [0.4, 0.5) is 0 Å². The summed E-state index contributed by atoms with van der Waals surface area (Å²) in [5, 5.41) is 0.671. The number of hydrogen-bond acceptors (Lipinski definition) is 3. The van der Waals surface area contributed by atoms with Crippen LogP contribution in [-0.2, 0) is 11.3 Å². The molecule has 1 spiro atoms. The second kappa shape index (κ2) is 5.92. The summed E-state index contributed by atoms with van der Waals surface area (Å²) in [5.74, 6) is 0.788. The van der Waals surface area contributed by atoms with Gasteiger partial charge in [-0.05, 0) is 37.8 Å². The molecule has 0 amide bonds. The second-order valence-electron chi connectivity index (χ2n) is 5.90. The first-order valence-corrected chi connectivity index (χ1v) is 7.88. The van der Waals surface area contributed by atoms with Gasteiger partial charge in [0.05, 0.1) is 11.7 Å². The van der Waals surface area contributed by atoms with Crippen molar-refractivity contribution in [2.75, 3.05) is 6.61 Å². The van der Waals surface area contributed by atoms with E-state index >= 15 is 0 Å². The van der Waals surface area contributed by atoms with Gasteiger partial charge in [0.1, 0.15) is 12.4 Å². The summed E-state index contributed by atoms with van der Waals surface area (Å²) < 4.78 is 12.2. The van der Waals surface area contributed by atoms with Gasteiger partial charge in [-0.25, -0.2) is 0 Å². The fraction of sp³-hybridized carbons (Fsp3) is 0.625. The maximum Gasteiger partial charge on any atom is 0.125 e. The summed E-state index contributed by atoms with van der Waals surface area (Å²) in [4.78, 5) is 0. The third-order valence-corrected chi connectivity index (χ3v) is 4.91. The predicted octanol–water partition coefficient (Wildman–Crippen LogP) is 3.67. The molecule has 2 N–H and O–H groups in total. The third kappa shape index (κ3) is 2.80. The topological polar surface area (TPSA) is 44.5 Å². The Morgan fingerprint density at radius 2 is 2.10 bits per heavy atom. The largest absolute Gasteiger partial charge is 0.490 e. The summed E-state index contributed by atoms with van der Waals surface area (Å²) in [6, 6.07) is 5.66. The molecule has 1 atom stereocenters. The average molecular weight is 296 g/mol. The van der Waals surface area contributed by atoms with E-state index in [0.717, 1.165) is 17.7 Å². The van der Waals surface area contributed by atoms with Crippen LogP contribution >= 0.6 is 11.6 Å². The van der Waals surface area contributed by atoms with Crippen molar-refractivity contribution in [1.29, 1.82) is 0 Å². The summed E-state index contributed by atoms with van der Waals surface area (Å²) >= 11 is 6.13. The van der Waals surface area contributed by atoms with Crippen molar-refractivity contribution in [3.05, 3.63) is 28.8 Å². The van der Waals surface area contributed by atoms with Gasteiger partial charge in [-0.3, -0.25) is 0 Å². The van der Waals surface area contributed by atoms with Gasteiger partial charge in [-0.15, -0.1) is 0 Å². The highest BCUT2D eigenvalue weighted by Crippen LogP contribution is 2.43. The van der Waals surface area contributed by atoms with Gasteiger partial charge in [0.2, 0.25) is 0 Å². The van der Waals surface area contributed by atoms with Crippen molar-refractivity contribution in [2.45, 2.75) is 56.8 Å². The quantitative estimate of drug-likeness (QED) is 0.922. The Bertz CT molecular complexity index is 472. The Morgan fingerprint density at radius 1 is 1.30 bits per heavy atom. The van der Waals surface area contributed by atoms with Gasteiger partial charge in [-0.1, -0.05) is 30.5 Å². The fourth-order valence-corrected chi connectivity index (χ4v) is 3.70. The zero-order valence-corrected chi connectivity index (χ0v) is 12.5. The van der Waals surface area contributed by atoms with Crippen LogP contribution in [-0.4, -0.2) is 18.3 Å². The average Bonchev–Trinajstić information content (AvgIpc) is 3.07. The first-order chi connectivity index (χ1) is 9.72. The second-order valence-corrected chi connectivity index (χ2v) is 6.31. The predicted molar refractivity (Wildman–Crippen MR) is 80.1 cm³/mol. The van der Waals surface area contributed by atoms with Crippen molar-refractivity contribution in [3.63, 3.8) is 0 Å². The molecule has 1 aromatic rings. The van der Waals surface area contributed by atoms with Crippen LogP contribution in [0.5, 0.6) is 5.75 Å². The molecule has 1 heterocycles. The lowest BCUT2D eigenvalue weighted by Gasteiger charge is -2.24. The lowest BCUT2D eigenvalue weighted by Crippen LogP contribution is -2.27. The van der Waals surface area contributed by atoms with Crippen LogP contribution in [0.25, 0.3) is 0 Å². The Hall–Kier alpha value is -0.770. The molecule has 1 aliphatic carbocycles. The lowest BCUT2D eigenvalue weighted by atomic mass is 9.98. The van der Waals surface area contributed by atoms with Crippen LogP contribution in [0.15, 0.2) is 18.2 Å². The molecule has 0 bridgehead atoms. The van der Waals surface area contributed by atoms with E-state index in [1.165, 1.54) is 32.1 Å². The third-order valence-electron chi connectivity index (χ3n) is 4.56. The van der Waals surface area contributed by atoms with Crippen molar-refractivity contribution in [2.24, 2.45) is 5.73 Å². The molecule has 1 saturated heterocycles. The van der Waals surface area contributed by atoms with Gasteiger partial charge < -0.3 is 15.2 Å². The SMILES string of the molecule is NCc1c(Cl)cccc1OCC1CCC2(CCCC2)O1. The number of ether oxygens (including phenoxy) is 2. The zero-order valence-electron chi connectivity index (χ0n) is 11.7. The van der Waals surface area contributed by atoms with Gasteiger partial charge >= 0.3 is 0 Å². The maximum absolute atomic E-state index is 6.25. The maximum atomic E-state index is 6.25. The van der Waals surface area contributed by atoms with E-state index < -0.39 is 0 Å². The molecule has 1 unspecified atom stereocenters. The normalized spacial score (nSPS) is 24.4. The number of hydrogen-bond donors (Lipinski definition) is 1. The monoisotopic (exact) mass is 295 g/mol. The van der Waals surface area contributed by atoms with Crippen LogP contribution in [0.2, 0.25) is 5.02 Å². The lowest BCUT2D eigenvalue weighted by molar-refractivity contribution is -0.0509. The number of rotatable bonds is 4. The van der Waals surface area contributed by atoms with E-state index in [2.05, 4.69) is 0 Å². The number of benzene rings is 1. The first kappa shape index (κ1) is 14.2. The zero-order chi connectivity index (χ0) is 14.0. The van der Waals surface area contributed by atoms with Gasteiger partial charge in [-0.2, -0.15) is 0 Å². The minimum atomic E-state index is 0.166. The van der Waals surface area contributed by atoms with Crippen LogP contribution in [0, 0.1) is 0 Å². The van der Waals surface area contributed by atoms with E-state index in [1.54, 1.807) is 0 Å². The van der Waals surface area contributed by atoms with Crippen molar-refractivity contribution in [3.8, 4) is 5.75 Å². The van der Waals surface area contributed by atoms with E-state index in [9.17, 15) is 0 Å². The molecule has 4 heteroatoms. The highest BCUT2D eigenvalue weighted by Gasteiger charge is 2.42. The fourth-order valence-electron chi connectivity index (χ4n) is 3.45. The van der Waals surface area contributed by atoms with Crippen molar-refractivity contribution in [1.82, 2.24) is 0 Å². The molecule has 20 heavy (non-hydrogen) atoms. The van der Waals surface area contributed by atoms with E-state index in [1.807, 2.05) is 18.2 Å². The molecular weight excluding hydrogens is 274 g/mol. The summed E-state index contributed by atoms with van der Waals surface area (Å²) in [6.07, 6.45) is 7.53. The van der Waals surface area contributed by atoms with Crippen LogP contribution in [0.3, 0.4) is 0 Å². The molecule has 3 rings (SSSR count). The molecule has 0 aromatic heterocycles. The van der Waals surface area contributed by atoms with E-state index in [-0.39, 0.29) is 11.7 Å². The number of nitrogens with two attached hydrogens (primary N) is 1. The Kier molecular flexibility index (Phi) is 4.20. The highest BCUT2D eigenvalue weighted by atomic mass is 35.5. The van der Waals surface area contributed by atoms with Crippen LogP contribution in [0.1, 0.15) is 44.1 Å². The standard InChI is InChI=1S/C16H22ClNO2/c17-14-4-3-5-15(13(14)10-18)19-11-12-6-9-16(20-12)7-1-2-8-16/h3-5,12H,1-2,6-11,18H2. The van der Waals surface area contributed by atoms with Gasteiger partial charge in [0.15, 0.2) is 0 Å². The Labute approximate surface area is 125 Å². The van der Waals surface area contributed by atoms with Crippen molar-refractivity contribution < 1.29 is 9.47 Å². The highest BCUT2D eigenvalue weighted by molar-refractivity contribution is 6.31. The molecule has 1 saturated carbocycles. The summed E-state index contributed by atoms with van der Waals surface area (Å²) in [5.41, 5.74) is 6.78. The number of halogens is 1. The van der Waals surface area contributed by atoms with E-state index in [4.69, 9.17) is 26.8 Å². The molecule has 2 fully saturated rings. The van der Waals surface area contributed by atoms with Crippen molar-refractivity contribution >= 4 is 11.6 Å². The molecule has 3 nitrogen and oxygen atoms in total. The van der Waals surface area contributed by atoms with E-state index in [0.29, 0.717) is 18.2 Å². The summed E-state index contributed by atoms with van der Waals surface area (Å²) in [7, 11) is 0. The molecular formula is C16H22ClNO2. The van der Waals surface area contributed by atoms with Crippen LogP contribution < -0.4 is 10.5 Å². The van der Waals surface area contributed by atoms with Gasteiger partial charge in [0, 0.05) is 17.1 Å². The Morgan fingerprint density at radius 3 is 2.85 bits per heavy atom. The molecule has 1 aromatic carbocycles. The smallest absolute Gasteiger partial charge is 0.125 e. The Balaban J connectivity index is 1.59. The summed E-state index contributed by atoms with van der Waals surface area (Å²) in [6.45, 7) is 0.986. The molecule has 0 radical (unpaired) electrons. The minimum Gasteiger partial charge on any atom is -0.490 e. The van der Waals surface area contributed by atoms with Gasteiger partial charge in [0.25, 0.3) is 0 Å². The molecule has 2 aliphatic rings. The first-order valence-electron chi connectivity index (χ1n) is 7.50. The molecule has 110 valence electrons.